The summed E-state index contributed by atoms with van der Waals surface area (Å²) in [7, 11) is 0. The zero-order valence-corrected chi connectivity index (χ0v) is 13.9. The summed E-state index contributed by atoms with van der Waals surface area (Å²) in [6.45, 7) is 8.49. The SMILES string of the molecule is CCCc1cc(C(=O)NC(c2cccs2)C(C)(C)C)n[nH]1. The van der Waals surface area contributed by atoms with Gasteiger partial charge in [0.2, 0.25) is 0 Å². The molecule has 1 atom stereocenters. The monoisotopic (exact) mass is 305 g/mol. The topological polar surface area (TPSA) is 57.8 Å². The lowest BCUT2D eigenvalue weighted by molar-refractivity contribution is 0.0898. The number of carbonyl (C=O) groups is 1. The van der Waals surface area contributed by atoms with Crippen molar-refractivity contribution in [2.75, 3.05) is 0 Å². The van der Waals surface area contributed by atoms with Gasteiger partial charge in [-0.1, -0.05) is 40.2 Å². The molecule has 0 spiro atoms. The van der Waals surface area contributed by atoms with Crippen LogP contribution in [0.1, 0.15) is 61.2 Å². The third-order valence-electron chi connectivity index (χ3n) is 3.35. The third-order valence-corrected chi connectivity index (χ3v) is 4.29. The first-order valence-electron chi connectivity index (χ1n) is 7.30. The second kappa shape index (κ2) is 6.43. The van der Waals surface area contributed by atoms with Crippen molar-refractivity contribution in [3.63, 3.8) is 0 Å². The fourth-order valence-electron chi connectivity index (χ4n) is 2.25. The lowest BCUT2D eigenvalue weighted by atomic mass is 9.85. The highest BCUT2D eigenvalue weighted by Crippen LogP contribution is 2.35. The van der Waals surface area contributed by atoms with Crippen LogP contribution in [0.2, 0.25) is 0 Å². The fraction of sp³-hybridized carbons (Fsp3) is 0.500. The highest BCUT2D eigenvalue weighted by molar-refractivity contribution is 7.10. The Hall–Kier alpha value is -1.62. The maximum atomic E-state index is 12.4. The molecular weight excluding hydrogens is 282 g/mol. The molecule has 21 heavy (non-hydrogen) atoms. The normalized spacial score (nSPS) is 13.1. The number of nitrogens with zero attached hydrogens (tertiary/aromatic N) is 1. The van der Waals surface area contributed by atoms with Crippen LogP contribution in [0.15, 0.2) is 23.6 Å². The van der Waals surface area contributed by atoms with Crippen molar-refractivity contribution in [2.24, 2.45) is 5.41 Å². The second-order valence-electron chi connectivity index (χ2n) is 6.32. The summed E-state index contributed by atoms with van der Waals surface area (Å²) in [4.78, 5) is 13.6. The largest absolute Gasteiger partial charge is 0.342 e. The van der Waals surface area contributed by atoms with Crippen LogP contribution in [-0.2, 0) is 6.42 Å². The summed E-state index contributed by atoms with van der Waals surface area (Å²) in [6.07, 6.45) is 1.94. The number of nitrogens with one attached hydrogen (secondary N) is 2. The highest BCUT2D eigenvalue weighted by Gasteiger charge is 2.29. The van der Waals surface area contributed by atoms with Gasteiger partial charge < -0.3 is 5.32 Å². The van der Waals surface area contributed by atoms with Crippen LogP contribution in [-0.4, -0.2) is 16.1 Å². The predicted octanol–water partition coefficient (Wildman–Crippen LogP) is 3.94. The summed E-state index contributed by atoms with van der Waals surface area (Å²) in [5.41, 5.74) is 1.42. The first-order chi connectivity index (χ1) is 9.91. The smallest absolute Gasteiger partial charge is 0.272 e. The molecule has 0 aliphatic heterocycles. The average Bonchev–Trinajstić information content (AvgIpc) is 3.05. The summed E-state index contributed by atoms with van der Waals surface area (Å²) in [6, 6.07) is 5.90. The van der Waals surface area contributed by atoms with E-state index in [1.807, 2.05) is 17.5 Å². The van der Waals surface area contributed by atoms with Crippen molar-refractivity contribution in [1.29, 1.82) is 0 Å². The van der Waals surface area contributed by atoms with E-state index in [1.165, 1.54) is 4.88 Å². The Labute approximate surface area is 130 Å². The number of aryl methyl sites for hydroxylation is 1. The number of amides is 1. The van der Waals surface area contributed by atoms with E-state index in [1.54, 1.807) is 11.3 Å². The Morgan fingerprint density at radius 3 is 2.81 bits per heavy atom. The maximum Gasteiger partial charge on any atom is 0.272 e. The van der Waals surface area contributed by atoms with E-state index in [4.69, 9.17) is 0 Å². The quantitative estimate of drug-likeness (QED) is 0.879. The Kier molecular flexibility index (Phi) is 4.83. The van der Waals surface area contributed by atoms with Gasteiger partial charge in [-0.2, -0.15) is 5.10 Å². The molecule has 0 bridgehead atoms. The van der Waals surface area contributed by atoms with Crippen molar-refractivity contribution in [2.45, 2.75) is 46.6 Å². The minimum Gasteiger partial charge on any atom is -0.342 e. The van der Waals surface area contributed by atoms with Gasteiger partial charge in [-0.3, -0.25) is 9.89 Å². The average molecular weight is 305 g/mol. The van der Waals surface area contributed by atoms with Gasteiger partial charge in [0.15, 0.2) is 0 Å². The first kappa shape index (κ1) is 15.8. The molecule has 2 rings (SSSR count). The fourth-order valence-corrected chi connectivity index (χ4v) is 3.27. The van der Waals surface area contributed by atoms with Gasteiger partial charge >= 0.3 is 0 Å². The molecule has 2 N–H and O–H groups in total. The Bertz CT molecular complexity index is 581. The van der Waals surface area contributed by atoms with E-state index >= 15 is 0 Å². The van der Waals surface area contributed by atoms with Gasteiger partial charge in [0.1, 0.15) is 5.69 Å². The van der Waals surface area contributed by atoms with Crippen LogP contribution < -0.4 is 5.32 Å². The second-order valence-corrected chi connectivity index (χ2v) is 7.30. The molecule has 1 unspecified atom stereocenters. The molecule has 2 aromatic heterocycles. The van der Waals surface area contributed by atoms with Crippen molar-refractivity contribution in [3.8, 4) is 0 Å². The molecule has 0 aromatic carbocycles. The van der Waals surface area contributed by atoms with Gasteiger partial charge in [-0.15, -0.1) is 11.3 Å². The van der Waals surface area contributed by atoms with Gasteiger partial charge in [0, 0.05) is 10.6 Å². The van der Waals surface area contributed by atoms with Gasteiger partial charge in [0.05, 0.1) is 6.04 Å². The number of H-pyrrole nitrogens is 1. The molecule has 0 saturated carbocycles. The molecule has 5 heteroatoms. The van der Waals surface area contributed by atoms with Crippen LogP contribution in [0.5, 0.6) is 0 Å². The minimum absolute atomic E-state index is 0.0173. The third kappa shape index (κ3) is 3.94. The predicted molar refractivity (Wildman–Crippen MR) is 86.6 cm³/mol. The van der Waals surface area contributed by atoms with Gasteiger partial charge in [0.25, 0.3) is 5.91 Å². The van der Waals surface area contributed by atoms with E-state index in [0.29, 0.717) is 5.69 Å². The maximum absolute atomic E-state index is 12.4. The summed E-state index contributed by atoms with van der Waals surface area (Å²) in [5, 5.41) is 12.2. The zero-order valence-electron chi connectivity index (χ0n) is 13.1. The van der Waals surface area contributed by atoms with Crippen molar-refractivity contribution in [3.05, 3.63) is 39.8 Å². The van der Waals surface area contributed by atoms with E-state index in [0.717, 1.165) is 18.5 Å². The van der Waals surface area contributed by atoms with Crippen molar-refractivity contribution < 1.29 is 4.79 Å². The van der Waals surface area contributed by atoms with E-state index in [9.17, 15) is 4.79 Å². The summed E-state index contributed by atoms with van der Waals surface area (Å²) in [5.74, 6) is -0.123. The van der Waals surface area contributed by atoms with E-state index in [-0.39, 0.29) is 17.4 Å². The van der Waals surface area contributed by atoms with Gasteiger partial charge in [-0.05, 0) is 29.3 Å². The van der Waals surface area contributed by atoms with Crippen LogP contribution in [0.25, 0.3) is 0 Å². The summed E-state index contributed by atoms with van der Waals surface area (Å²) < 4.78 is 0. The number of aromatic amines is 1. The van der Waals surface area contributed by atoms with Gasteiger partial charge in [-0.25, -0.2) is 0 Å². The Morgan fingerprint density at radius 2 is 2.24 bits per heavy atom. The molecule has 2 aromatic rings. The van der Waals surface area contributed by atoms with Crippen LogP contribution in [0.3, 0.4) is 0 Å². The van der Waals surface area contributed by atoms with Crippen molar-refractivity contribution in [1.82, 2.24) is 15.5 Å². The lowest BCUT2D eigenvalue weighted by Gasteiger charge is -2.30. The molecular formula is C16H23N3OS. The number of hydrogen-bond donors (Lipinski definition) is 2. The van der Waals surface area contributed by atoms with Crippen LogP contribution >= 0.6 is 11.3 Å². The molecule has 114 valence electrons. The molecule has 2 heterocycles. The zero-order chi connectivity index (χ0) is 15.5. The van der Waals surface area contributed by atoms with E-state index in [2.05, 4.69) is 49.3 Å². The molecule has 4 nitrogen and oxygen atoms in total. The Morgan fingerprint density at radius 1 is 1.48 bits per heavy atom. The number of hydrogen-bond acceptors (Lipinski definition) is 3. The first-order valence-corrected chi connectivity index (χ1v) is 8.18. The highest BCUT2D eigenvalue weighted by atomic mass is 32.1. The lowest BCUT2D eigenvalue weighted by Crippen LogP contribution is -2.36. The molecule has 0 aliphatic rings. The molecule has 0 aliphatic carbocycles. The van der Waals surface area contributed by atoms with Crippen LogP contribution in [0, 0.1) is 5.41 Å². The molecule has 0 fully saturated rings. The number of carbonyl (C=O) groups excluding carboxylic acids is 1. The number of rotatable bonds is 5. The van der Waals surface area contributed by atoms with Crippen molar-refractivity contribution >= 4 is 17.2 Å². The Balaban J connectivity index is 2.14. The van der Waals surface area contributed by atoms with Crippen LogP contribution in [0.4, 0.5) is 0 Å². The standard InChI is InChI=1S/C16H23N3OS/c1-5-7-11-10-12(19-18-11)15(20)17-14(16(2,3)4)13-8-6-9-21-13/h6,8-10,14H,5,7H2,1-4H3,(H,17,20)(H,18,19). The summed E-state index contributed by atoms with van der Waals surface area (Å²) >= 11 is 1.67. The number of aromatic nitrogens is 2. The minimum atomic E-state index is -0.123. The molecule has 0 saturated heterocycles. The molecule has 0 radical (unpaired) electrons. The number of thiophene rings is 1. The molecule has 1 amide bonds. The van der Waals surface area contributed by atoms with E-state index < -0.39 is 0 Å².